The Kier molecular flexibility index (Phi) is 4.70. The highest BCUT2D eigenvalue weighted by atomic mass is 19.1. The monoisotopic (exact) mass is 430 g/mol. The number of nitrogens with zero attached hydrogens (tertiary/aromatic N) is 5. The van der Waals surface area contributed by atoms with Crippen LogP contribution in [0.25, 0.3) is 33.5 Å². The molecule has 0 aliphatic rings. The van der Waals surface area contributed by atoms with Crippen molar-refractivity contribution in [2.24, 2.45) is 0 Å². The van der Waals surface area contributed by atoms with E-state index in [0.717, 1.165) is 22.8 Å². The third kappa shape index (κ3) is 3.60. The maximum Gasteiger partial charge on any atom is 0.221 e. The molecule has 5 aromatic rings. The van der Waals surface area contributed by atoms with Gasteiger partial charge in [0.2, 0.25) is 5.91 Å². The Hall–Kier alpha value is -4.40. The lowest BCUT2D eigenvalue weighted by Gasteiger charge is -2.13. The van der Waals surface area contributed by atoms with E-state index < -0.39 is 11.6 Å². The maximum absolute atomic E-state index is 14.5. The zero-order valence-electron chi connectivity index (χ0n) is 16.8. The Morgan fingerprint density at radius 1 is 0.969 bits per heavy atom. The summed E-state index contributed by atoms with van der Waals surface area (Å²) < 4.78 is 31.3. The Bertz CT molecular complexity index is 1460. The van der Waals surface area contributed by atoms with Crippen LogP contribution in [-0.4, -0.2) is 30.2 Å². The van der Waals surface area contributed by atoms with Gasteiger partial charge in [-0.15, -0.1) is 0 Å². The number of hydrogen-bond acceptors (Lipinski definition) is 4. The highest BCUT2D eigenvalue weighted by molar-refractivity contribution is 5.90. The van der Waals surface area contributed by atoms with E-state index in [1.54, 1.807) is 35.5 Å². The minimum absolute atomic E-state index is 0.220. The average Bonchev–Trinajstić information content (AvgIpc) is 3.42. The number of nitrogens with one attached hydrogen (secondary N) is 1. The minimum Gasteiger partial charge on any atom is -0.326 e. The second kappa shape index (κ2) is 7.69. The maximum atomic E-state index is 14.5. The van der Waals surface area contributed by atoms with Gasteiger partial charge in [-0.2, -0.15) is 5.10 Å². The predicted octanol–water partition coefficient (Wildman–Crippen LogP) is 4.51. The molecular formula is C23H16F2N6O. The summed E-state index contributed by atoms with van der Waals surface area (Å²) in [7, 11) is 0. The molecule has 0 unspecified atom stereocenters. The lowest BCUT2D eigenvalue weighted by molar-refractivity contribution is -0.114. The van der Waals surface area contributed by atoms with E-state index in [1.165, 1.54) is 25.4 Å². The quantitative estimate of drug-likeness (QED) is 0.455. The van der Waals surface area contributed by atoms with Crippen LogP contribution in [0.15, 0.2) is 73.6 Å². The van der Waals surface area contributed by atoms with E-state index in [0.29, 0.717) is 16.9 Å². The highest BCUT2D eigenvalue weighted by Gasteiger charge is 2.13. The number of anilines is 1. The third-order valence-corrected chi connectivity index (χ3v) is 4.97. The van der Waals surface area contributed by atoms with Crippen LogP contribution in [0.4, 0.5) is 14.5 Å². The molecule has 0 saturated carbocycles. The number of fused-ring (bicyclic) bond motifs is 1. The van der Waals surface area contributed by atoms with E-state index in [9.17, 15) is 13.6 Å². The summed E-state index contributed by atoms with van der Waals surface area (Å²) in [5, 5.41) is 6.86. The van der Waals surface area contributed by atoms with Crippen LogP contribution < -0.4 is 5.32 Å². The molecule has 0 atom stereocenters. The molecule has 0 aliphatic heterocycles. The standard InChI is InChI=1S/C23H16F2N6O/c1-14(32)29-17-6-15(20-4-2-16(24)8-21(20)25)7-19(9-17)30-13-27-22-10-18(3-5-23(22)30)31-12-26-11-28-31/h2-13H,1H3,(H,29,32). The van der Waals surface area contributed by atoms with Gasteiger partial charge in [0.25, 0.3) is 0 Å². The first kappa shape index (κ1) is 19.6. The van der Waals surface area contributed by atoms with Gasteiger partial charge < -0.3 is 5.32 Å². The molecule has 7 nitrogen and oxygen atoms in total. The molecule has 0 saturated heterocycles. The van der Waals surface area contributed by atoms with Crippen LogP contribution in [0.1, 0.15) is 6.92 Å². The Balaban J connectivity index is 1.65. The van der Waals surface area contributed by atoms with Crippen molar-refractivity contribution in [3.63, 3.8) is 0 Å². The Labute approximate surface area is 181 Å². The van der Waals surface area contributed by atoms with E-state index in [1.807, 2.05) is 22.8 Å². The largest absolute Gasteiger partial charge is 0.326 e. The van der Waals surface area contributed by atoms with Gasteiger partial charge in [-0.3, -0.25) is 9.36 Å². The summed E-state index contributed by atoms with van der Waals surface area (Å²) in [5.74, 6) is -1.61. The van der Waals surface area contributed by atoms with E-state index in [2.05, 4.69) is 20.4 Å². The van der Waals surface area contributed by atoms with Gasteiger partial charge in [-0.1, -0.05) is 0 Å². The van der Waals surface area contributed by atoms with Gasteiger partial charge >= 0.3 is 0 Å². The first-order valence-electron chi connectivity index (χ1n) is 9.68. The summed E-state index contributed by atoms with van der Waals surface area (Å²) in [6, 6.07) is 14.2. The number of halogens is 2. The Morgan fingerprint density at radius 3 is 2.59 bits per heavy atom. The van der Waals surface area contributed by atoms with E-state index in [-0.39, 0.29) is 11.5 Å². The zero-order chi connectivity index (χ0) is 22.2. The fraction of sp³-hybridized carbons (Fsp3) is 0.0435. The van der Waals surface area contributed by atoms with Crippen LogP contribution in [0.5, 0.6) is 0 Å². The first-order chi connectivity index (χ1) is 15.5. The fourth-order valence-electron chi connectivity index (χ4n) is 3.60. The number of benzene rings is 3. The summed E-state index contributed by atoms with van der Waals surface area (Å²) in [6.45, 7) is 1.39. The number of carbonyl (C=O) groups excluding carboxylic acids is 1. The lowest BCUT2D eigenvalue weighted by atomic mass is 10.0. The topological polar surface area (TPSA) is 77.6 Å². The molecule has 3 aromatic carbocycles. The second-order valence-electron chi connectivity index (χ2n) is 7.20. The molecule has 0 spiro atoms. The van der Waals surface area contributed by atoms with Crippen LogP contribution >= 0.6 is 0 Å². The first-order valence-corrected chi connectivity index (χ1v) is 9.68. The van der Waals surface area contributed by atoms with Gasteiger partial charge in [-0.05, 0) is 54.1 Å². The van der Waals surface area contributed by atoms with Crippen molar-refractivity contribution >= 4 is 22.6 Å². The SMILES string of the molecule is CC(=O)Nc1cc(-c2ccc(F)cc2F)cc(-n2cnc3cc(-n4cncn4)ccc32)c1. The molecule has 0 aliphatic carbocycles. The van der Waals surface area contributed by atoms with Crippen molar-refractivity contribution in [1.82, 2.24) is 24.3 Å². The van der Waals surface area contributed by atoms with Gasteiger partial charge in [0, 0.05) is 29.9 Å². The Morgan fingerprint density at radius 2 is 1.84 bits per heavy atom. The molecule has 0 bridgehead atoms. The van der Waals surface area contributed by atoms with Crippen molar-refractivity contribution < 1.29 is 13.6 Å². The number of imidazole rings is 1. The molecule has 9 heteroatoms. The van der Waals surface area contributed by atoms with Gasteiger partial charge in [0.1, 0.15) is 30.6 Å². The van der Waals surface area contributed by atoms with Crippen molar-refractivity contribution in [3.05, 3.63) is 85.2 Å². The van der Waals surface area contributed by atoms with E-state index >= 15 is 0 Å². The zero-order valence-corrected chi connectivity index (χ0v) is 16.8. The molecule has 0 radical (unpaired) electrons. The summed E-state index contributed by atoms with van der Waals surface area (Å²) in [5.41, 5.74) is 4.18. The number of aromatic nitrogens is 5. The third-order valence-electron chi connectivity index (χ3n) is 4.97. The molecule has 1 N–H and O–H groups in total. The molecule has 158 valence electrons. The number of rotatable bonds is 4. The number of amides is 1. The van der Waals surface area contributed by atoms with Gasteiger partial charge in [0.15, 0.2) is 0 Å². The highest BCUT2D eigenvalue weighted by Crippen LogP contribution is 2.31. The fourth-order valence-corrected chi connectivity index (χ4v) is 3.60. The van der Waals surface area contributed by atoms with Crippen LogP contribution in [-0.2, 0) is 4.79 Å². The minimum atomic E-state index is -0.691. The van der Waals surface area contributed by atoms with Gasteiger partial charge in [0.05, 0.1) is 16.7 Å². The number of hydrogen-bond donors (Lipinski definition) is 1. The van der Waals surface area contributed by atoms with Crippen molar-refractivity contribution in [2.45, 2.75) is 6.92 Å². The molecule has 0 fully saturated rings. The average molecular weight is 430 g/mol. The normalized spacial score (nSPS) is 11.1. The summed E-state index contributed by atoms with van der Waals surface area (Å²) >= 11 is 0. The molecule has 2 aromatic heterocycles. The van der Waals surface area contributed by atoms with Crippen LogP contribution in [0, 0.1) is 11.6 Å². The number of carbonyl (C=O) groups is 1. The molecule has 2 heterocycles. The van der Waals surface area contributed by atoms with Crippen LogP contribution in [0.3, 0.4) is 0 Å². The van der Waals surface area contributed by atoms with Crippen molar-refractivity contribution in [2.75, 3.05) is 5.32 Å². The lowest BCUT2D eigenvalue weighted by Crippen LogP contribution is -2.07. The van der Waals surface area contributed by atoms with E-state index in [4.69, 9.17) is 0 Å². The summed E-state index contributed by atoms with van der Waals surface area (Å²) in [6.07, 6.45) is 4.69. The predicted molar refractivity (Wildman–Crippen MR) is 116 cm³/mol. The van der Waals surface area contributed by atoms with Gasteiger partial charge in [-0.25, -0.2) is 23.4 Å². The second-order valence-corrected chi connectivity index (χ2v) is 7.20. The molecule has 1 amide bonds. The molecular weight excluding hydrogens is 414 g/mol. The molecule has 32 heavy (non-hydrogen) atoms. The summed E-state index contributed by atoms with van der Waals surface area (Å²) in [4.78, 5) is 20.1. The molecule has 5 rings (SSSR count). The van der Waals surface area contributed by atoms with Crippen LogP contribution in [0.2, 0.25) is 0 Å². The van der Waals surface area contributed by atoms with Crippen molar-refractivity contribution in [3.8, 4) is 22.5 Å². The van der Waals surface area contributed by atoms with Crippen molar-refractivity contribution in [1.29, 1.82) is 0 Å². The smallest absolute Gasteiger partial charge is 0.221 e.